The van der Waals surface area contributed by atoms with Crippen molar-refractivity contribution in [3.05, 3.63) is 63.4 Å². The average molecular weight is 343 g/mol. The first-order valence-corrected chi connectivity index (χ1v) is 7.18. The van der Waals surface area contributed by atoms with Crippen LogP contribution in [0.25, 0.3) is 0 Å². The summed E-state index contributed by atoms with van der Waals surface area (Å²) in [6.45, 7) is 0. The van der Waals surface area contributed by atoms with Gasteiger partial charge in [-0.05, 0) is 36.2 Å². The van der Waals surface area contributed by atoms with E-state index in [1.807, 2.05) is 0 Å². The second kappa shape index (κ2) is 6.99. The zero-order valence-corrected chi connectivity index (χ0v) is 13.2. The quantitative estimate of drug-likeness (QED) is 0.866. The summed E-state index contributed by atoms with van der Waals surface area (Å²) < 4.78 is 18.9. The Morgan fingerprint density at radius 3 is 2.55 bits per heavy atom. The third-order valence-electron chi connectivity index (χ3n) is 3.35. The fourth-order valence-corrected chi connectivity index (χ4v) is 2.68. The van der Waals surface area contributed by atoms with E-state index in [1.54, 1.807) is 12.1 Å². The third-order valence-corrected chi connectivity index (χ3v) is 4.00. The molecule has 0 aliphatic carbocycles. The van der Waals surface area contributed by atoms with E-state index in [-0.39, 0.29) is 17.0 Å². The van der Waals surface area contributed by atoms with Crippen molar-refractivity contribution >= 4 is 29.2 Å². The molecule has 1 unspecified atom stereocenters. The number of halogens is 3. The van der Waals surface area contributed by atoms with Gasteiger partial charge in [-0.3, -0.25) is 4.79 Å². The first-order valence-electron chi connectivity index (χ1n) is 6.43. The lowest BCUT2D eigenvalue weighted by atomic mass is 9.91. The minimum absolute atomic E-state index is 0.0660. The van der Waals surface area contributed by atoms with Gasteiger partial charge < -0.3 is 9.84 Å². The standard InChI is InChI=1S/C16H13Cl2FO3/c1-22-15-6-5-9(7-13(15)18)10(16(20)21)8-11-12(17)3-2-4-14(11)19/h2-7,10H,8H2,1H3,(H,20,21). The topological polar surface area (TPSA) is 46.5 Å². The molecule has 0 saturated carbocycles. The fraction of sp³-hybridized carbons (Fsp3) is 0.188. The molecular formula is C16H13Cl2FO3. The predicted molar refractivity (Wildman–Crippen MR) is 83.5 cm³/mol. The van der Waals surface area contributed by atoms with E-state index in [0.717, 1.165) is 0 Å². The lowest BCUT2D eigenvalue weighted by molar-refractivity contribution is -0.138. The number of hydrogen-bond donors (Lipinski definition) is 1. The van der Waals surface area contributed by atoms with Gasteiger partial charge in [-0.1, -0.05) is 35.3 Å². The molecule has 0 fully saturated rings. The van der Waals surface area contributed by atoms with E-state index >= 15 is 0 Å². The van der Waals surface area contributed by atoms with E-state index in [4.69, 9.17) is 27.9 Å². The molecule has 116 valence electrons. The van der Waals surface area contributed by atoms with Crippen molar-refractivity contribution in [1.82, 2.24) is 0 Å². The average Bonchev–Trinajstić information content (AvgIpc) is 2.46. The molecular weight excluding hydrogens is 330 g/mol. The molecule has 6 heteroatoms. The van der Waals surface area contributed by atoms with Crippen LogP contribution in [0.2, 0.25) is 10.0 Å². The summed E-state index contributed by atoms with van der Waals surface area (Å²) in [5.74, 6) is -2.13. The Kier molecular flexibility index (Phi) is 5.27. The van der Waals surface area contributed by atoms with Gasteiger partial charge in [0.05, 0.1) is 18.1 Å². The van der Waals surface area contributed by atoms with Crippen molar-refractivity contribution in [2.45, 2.75) is 12.3 Å². The lowest BCUT2D eigenvalue weighted by Crippen LogP contribution is -2.15. The summed E-state index contributed by atoms with van der Waals surface area (Å²) in [5.41, 5.74) is 0.626. The van der Waals surface area contributed by atoms with Gasteiger partial charge in [0.2, 0.25) is 0 Å². The van der Waals surface area contributed by atoms with Crippen molar-refractivity contribution < 1.29 is 19.0 Å². The molecule has 0 heterocycles. The molecule has 2 aromatic rings. The molecule has 1 atom stereocenters. The Hall–Kier alpha value is -1.78. The summed E-state index contributed by atoms with van der Waals surface area (Å²) in [7, 11) is 1.47. The maximum absolute atomic E-state index is 13.9. The second-order valence-corrected chi connectivity index (χ2v) is 5.50. The first-order chi connectivity index (χ1) is 10.4. The van der Waals surface area contributed by atoms with Crippen LogP contribution >= 0.6 is 23.2 Å². The SMILES string of the molecule is COc1ccc(C(Cc2c(F)cccc2Cl)C(=O)O)cc1Cl. The monoisotopic (exact) mass is 342 g/mol. The highest BCUT2D eigenvalue weighted by atomic mass is 35.5. The minimum Gasteiger partial charge on any atom is -0.495 e. The van der Waals surface area contributed by atoms with Crippen LogP contribution in [0.1, 0.15) is 17.0 Å². The normalized spacial score (nSPS) is 12.0. The molecule has 2 rings (SSSR count). The van der Waals surface area contributed by atoms with Crippen molar-refractivity contribution in [1.29, 1.82) is 0 Å². The Morgan fingerprint density at radius 2 is 2.00 bits per heavy atom. The number of carboxylic acids is 1. The van der Waals surface area contributed by atoms with Crippen LogP contribution in [-0.4, -0.2) is 18.2 Å². The van der Waals surface area contributed by atoms with Crippen LogP contribution in [0, 0.1) is 5.82 Å². The number of hydrogen-bond acceptors (Lipinski definition) is 2. The van der Waals surface area contributed by atoms with Crippen LogP contribution in [-0.2, 0) is 11.2 Å². The smallest absolute Gasteiger partial charge is 0.311 e. The number of carboxylic acid groups (broad SMARTS) is 1. The zero-order valence-electron chi connectivity index (χ0n) is 11.6. The summed E-state index contributed by atoms with van der Waals surface area (Å²) in [4.78, 5) is 11.6. The highest BCUT2D eigenvalue weighted by molar-refractivity contribution is 6.32. The molecule has 0 aliphatic heterocycles. The van der Waals surface area contributed by atoms with Crippen LogP contribution in [0.5, 0.6) is 5.75 Å². The van der Waals surface area contributed by atoms with Gasteiger partial charge in [-0.25, -0.2) is 4.39 Å². The van der Waals surface area contributed by atoms with Gasteiger partial charge in [-0.2, -0.15) is 0 Å². The minimum atomic E-state index is -1.08. The molecule has 22 heavy (non-hydrogen) atoms. The number of carbonyl (C=O) groups is 1. The Balaban J connectivity index is 2.39. The summed E-state index contributed by atoms with van der Waals surface area (Å²) in [6, 6.07) is 8.94. The molecule has 2 aromatic carbocycles. The van der Waals surface area contributed by atoms with Crippen LogP contribution in [0.4, 0.5) is 4.39 Å². The molecule has 3 nitrogen and oxygen atoms in total. The fourth-order valence-electron chi connectivity index (χ4n) is 2.18. The van der Waals surface area contributed by atoms with Gasteiger partial charge in [0, 0.05) is 10.6 Å². The van der Waals surface area contributed by atoms with E-state index in [1.165, 1.54) is 31.4 Å². The molecule has 0 spiro atoms. The molecule has 0 aromatic heterocycles. The number of methoxy groups -OCH3 is 1. The van der Waals surface area contributed by atoms with E-state index in [9.17, 15) is 14.3 Å². The van der Waals surface area contributed by atoms with Gasteiger partial charge in [0.1, 0.15) is 11.6 Å². The number of ether oxygens (including phenoxy) is 1. The van der Waals surface area contributed by atoms with E-state index < -0.39 is 17.7 Å². The maximum Gasteiger partial charge on any atom is 0.311 e. The summed E-state index contributed by atoms with van der Waals surface area (Å²) in [5, 5.41) is 9.94. The van der Waals surface area contributed by atoms with Crippen molar-refractivity contribution in [2.75, 3.05) is 7.11 Å². The largest absolute Gasteiger partial charge is 0.495 e. The van der Waals surface area contributed by atoms with Gasteiger partial charge in [0.15, 0.2) is 0 Å². The first kappa shape index (κ1) is 16.6. The molecule has 0 amide bonds. The highest BCUT2D eigenvalue weighted by Gasteiger charge is 2.24. The molecule has 0 saturated heterocycles. The highest BCUT2D eigenvalue weighted by Crippen LogP contribution is 2.32. The van der Waals surface area contributed by atoms with Crippen molar-refractivity contribution in [2.24, 2.45) is 0 Å². The summed E-state index contributed by atoms with van der Waals surface area (Å²) in [6.07, 6.45) is -0.0660. The molecule has 0 radical (unpaired) electrons. The van der Waals surface area contributed by atoms with Crippen molar-refractivity contribution in [3.8, 4) is 5.75 Å². The third kappa shape index (κ3) is 3.51. The van der Waals surface area contributed by atoms with E-state index in [0.29, 0.717) is 16.3 Å². The number of aliphatic carboxylic acids is 1. The number of rotatable bonds is 5. The summed E-state index contributed by atoms with van der Waals surface area (Å²) >= 11 is 12.0. The van der Waals surface area contributed by atoms with Gasteiger partial charge >= 0.3 is 5.97 Å². The van der Waals surface area contributed by atoms with Crippen LogP contribution in [0.15, 0.2) is 36.4 Å². The van der Waals surface area contributed by atoms with Crippen LogP contribution in [0.3, 0.4) is 0 Å². The molecule has 1 N–H and O–H groups in total. The Labute approximate surface area is 137 Å². The Morgan fingerprint density at radius 1 is 1.27 bits per heavy atom. The maximum atomic E-state index is 13.9. The number of benzene rings is 2. The van der Waals surface area contributed by atoms with Crippen LogP contribution < -0.4 is 4.74 Å². The zero-order chi connectivity index (χ0) is 16.3. The predicted octanol–water partition coefficient (Wildman–Crippen LogP) is 4.55. The lowest BCUT2D eigenvalue weighted by Gasteiger charge is -2.15. The second-order valence-electron chi connectivity index (χ2n) is 4.69. The van der Waals surface area contributed by atoms with Gasteiger partial charge in [0.25, 0.3) is 0 Å². The Bertz CT molecular complexity index is 684. The molecule has 0 bridgehead atoms. The van der Waals surface area contributed by atoms with E-state index in [2.05, 4.69) is 0 Å². The van der Waals surface area contributed by atoms with Gasteiger partial charge in [-0.15, -0.1) is 0 Å². The molecule has 0 aliphatic rings. The van der Waals surface area contributed by atoms with Crippen molar-refractivity contribution in [3.63, 3.8) is 0 Å².